The molecule has 41 heavy (non-hydrogen) atoms. The van der Waals surface area contributed by atoms with Gasteiger partial charge in [-0.05, 0) is 81.9 Å². The fourth-order valence-electron chi connectivity index (χ4n) is 6.80. The summed E-state index contributed by atoms with van der Waals surface area (Å²) in [5.41, 5.74) is 3.00. The summed E-state index contributed by atoms with van der Waals surface area (Å²) in [7, 11) is 0. The van der Waals surface area contributed by atoms with Gasteiger partial charge in [-0.3, -0.25) is 0 Å². The van der Waals surface area contributed by atoms with Gasteiger partial charge in [0.15, 0.2) is 13.2 Å². The molecule has 0 saturated carbocycles. The third-order valence-corrected chi connectivity index (χ3v) is 9.96. The number of fused-ring (bicyclic) bond motifs is 6. The highest BCUT2D eigenvalue weighted by Crippen LogP contribution is 2.42. The zero-order valence-corrected chi connectivity index (χ0v) is 24.4. The van der Waals surface area contributed by atoms with E-state index in [1.165, 1.54) is 87.5 Å². The molecular formula is C30H31FN6O2S2. The largest absolute Gasteiger partial charge is 0.463 e. The van der Waals surface area contributed by atoms with Gasteiger partial charge < -0.3 is 19.3 Å². The minimum Gasteiger partial charge on any atom is -0.463 e. The molecule has 3 aromatic rings. The van der Waals surface area contributed by atoms with Crippen molar-refractivity contribution in [1.29, 1.82) is 0 Å². The molecule has 0 spiro atoms. The van der Waals surface area contributed by atoms with Crippen LogP contribution >= 0.6 is 23.5 Å². The second kappa shape index (κ2) is 12.0. The van der Waals surface area contributed by atoms with Gasteiger partial charge in [-0.15, -0.1) is 8.75 Å². The maximum atomic E-state index is 14.3. The normalized spacial score (nSPS) is 27.9. The zero-order valence-electron chi connectivity index (χ0n) is 22.7. The van der Waals surface area contributed by atoms with Crippen LogP contribution in [0.1, 0.15) is 60.0 Å². The summed E-state index contributed by atoms with van der Waals surface area (Å²) in [6, 6.07) is 4.58. The van der Waals surface area contributed by atoms with E-state index in [1.807, 2.05) is 0 Å². The lowest BCUT2D eigenvalue weighted by Crippen LogP contribution is -2.46. The summed E-state index contributed by atoms with van der Waals surface area (Å²) in [5.74, 6) is 14.8. The second-order valence-electron chi connectivity index (χ2n) is 11.3. The Morgan fingerprint density at radius 2 is 1.17 bits per heavy atom. The van der Waals surface area contributed by atoms with E-state index < -0.39 is 0 Å². The molecule has 0 aliphatic carbocycles. The molecule has 11 heteroatoms. The van der Waals surface area contributed by atoms with Crippen molar-refractivity contribution < 1.29 is 13.9 Å². The quantitative estimate of drug-likeness (QED) is 0.399. The molecule has 6 saturated heterocycles. The molecule has 0 amide bonds. The third kappa shape index (κ3) is 5.96. The standard InChI is InChI=1S/C30H31FN6O2S2/c31-24-16-20(3-1-13-38-29-27(32-40-34-29)25-18-36-9-5-22(25)6-10-36)15-21(17-24)4-2-14-39-30-28(33-41-35-30)26-19-37-11-7-23(26)8-12-37/h15-17,22-23,25-26H,5-14,18-19H2/t25-,26-/m1/s1. The number of hydrogen-bond acceptors (Lipinski definition) is 10. The molecule has 8 heterocycles. The Hall–Kier alpha value is -3.09. The second-order valence-corrected chi connectivity index (χ2v) is 12.4. The van der Waals surface area contributed by atoms with E-state index >= 15 is 0 Å². The van der Waals surface area contributed by atoms with Crippen molar-refractivity contribution in [3.05, 3.63) is 46.5 Å². The van der Waals surface area contributed by atoms with Gasteiger partial charge in [0.25, 0.3) is 0 Å². The van der Waals surface area contributed by atoms with Crippen LogP contribution in [0.2, 0.25) is 0 Å². The van der Waals surface area contributed by atoms with Gasteiger partial charge in [0.05, 0.1) is 23.5 Å². The van der Waals surface area contributed by atoms with Crippen LogP contribution in [0.3, 0.4) is 0 Å². The molecule has 0 N–H and O–H groups in total. The number of piperidine rings is 6. The van der Waals surface area contributed by atoms with E-state index in [0.717, 1.165) is 24.5 Å². The molecule has 0 radical (unpaired) electrons. The fraction of sp³-hybridized carbons (Fsp3) is 0.533. The average molecular weight is 591 g/mol. The molecule has 2 atom stereocenters. The molecular weight excluding hydrogens is 560 g/mol. The Morgan fingerprint density at radius 1 is 0.707 bits per heavy atom. The zero-order chi connectivity index (χ0) is 27.6. The van der Waals surface area contributed by atoms with Crippen molar-refractivity contribution in [1.82, 2.24) is 27.3 Å². The first-order valence-electron chi connectivity index (χ1n) is 14.3. The van der Waals surface area contributed by atoms with Crippen molar-refractivity contribution >= 4 is 23.5 Å². The summed E-state index contributed by atoms with van der Waals surface area (Å²) in [6.07, 6.45) is 4.84. The van der Waals surface area contributed by atoms with Crippen molar-refractivity contribution in [3.8, 4) is 35.4 Å². The van der Waals surface area contributed by atoms with Crippen LogP contribution in [0.4, 0.5) is 4.39 Å². The number of benzene rings is 1. The number of nitrogens with zero attached hydrogens (tertiary/aromatic N) is 6. The first kappa shape index (κ1) is 26.8. The van der Waals surface area contributed by atoms with Crippen LogP contribution in [-0.2, 0) is 0 Å². The van der Waals surface area contributed by atoms with E-state index in [9.17, 15) is 4.39 Å². The van der Waals surface area contributed by atoms with Gasteiger partial charge in [0, 0.05) is 36.1 Å². The lowest BCUT2D eigenvalue weighted by Gasteiger charge is -2.44. The lowest BCUT2D eigenvalue weighted by atomic mass is 9.77. The number of rotatable bonds is 6. The molecule has 0 unspecified atom stereocenters. The Bertz CT molecular complexity index is 1400. The molecule has 6 aliphatic rings. The van der Waals surface area contributed by atoms with Gasteiger partial charge in [-0.25, -0.2) is 4.39 Å². The van der Waals surface area contributed by atoms with Crippen molar-refractivity contribution in [2.75, 3.05) is 52.5 Å². The van der Waals surface area contributed by atoms with Crippen LogP contribution in [-0.4, -0.2) is 79.8 Å². The van der Waals surface area contributed by atoms with Crippen molar-refractivity contribution in [3.63, 3.8) is 0 Å². The van der Waals surface area contributed by atoms with E-state index in [-0.39, 0.29) is 19.0 Å². The average Bonchev–Trinajstić information content (AvgIpc) is 3.68. The van der Waals surface area contributed by atoms with Crippen molar-refractivity contribution in [2.24, 2.45) is 11.8 Å². The molecule has 1 aromatic carbocycles. The SMILES string of the molecule is Fc1cc(C#CCOc2nsnc2[C@@H]2CN3CCC2CC3)cc(C#CCOc2nsnc2[C@@H]2CN3CCC2CC3)c1. The summed E-state index contributed by atoms with van der Waals surface area (Å²) in [5, 5.41) is 0. The molecule has 4 bridgehead atoms. The summed E-state index contributed by atoms with van der Waals surface area (Å²) in [6.45, 7) is 7.09. The summed E-state index contributed by atoms with van der Waals surface area (Å²) in [4.78, 5) is 4.99. The van der Waals surface area contributed by atoms with E-state index in [2.05, 4.69) is 51.0 Å². The Morgan fingerprint density at radius 3 is 1.59 bits per heavy atom. The highest BCUT2D eigenvalue weighted by atomic mass is 32.1. The molecule has 6 aliphatic heterocycles. The molecule has 212 valence electrons. The van der Waals surface area contributed by atoms with Gasteiger partial charge in [0.2, 0.25) is 11.8 Å². The molecule has 2 aromatic heterocycles. The first-order valence-corrected chi connectivity index (χ1v) is 15.8. The van der Waals surface area contributed by atoms with Crippen LogP contribution in [0, 0.1) is 41.3 Å². The minimum atomic E-state index is -0.385. The van der Waals surface area contributed by atoms with Gasteiger partial charge >= 0.3 is 0 Å². The monoisotopic (exact) mass is 590 g/mol. The lowest BCUT2D eigenvalue weighted by molar-refractivity contribution is 0.0843. The number of hydrogen-bond donors (Lipinski definition) is 0. The Labute approximate surface area is 247 Å². The smallest absolute Gasteiger partial charge is 0.250 e. The van der Waals surface area contributed by atoms with Crippen LogP contribution in [0.15, 0.2) is 18.2 Å². The van der Waals surface area contributed by atoms with Crippen LogP contribution in [0.5, 0.6) is 11.8 Å². The van der Waals surface area contributed by atoms with Crippen LogP contribution in [0.25, 0.3) is 0 Å². The van der Waals surface area contributed by atoms with E-state index in [4.69, 9.17) is 9.47 Å². The Balaban J connectivity index is 0.948. The molecule has 8 nitrogen and oxygen atoms in total. The predicted octanol–water partition coefficient (Wildman–Crippen LogP) is 4.01. The fourth-order valence-corrected chi connectivity index (χ4v) is 7.92. The minimum absolute atomic E-state index is 0.161. The maximum absolute atomic E-state index is 14.3. The van der Waals surface area contributed by atoms with E-state index in [0.29, 0.717) is 46.6 Å². The van der Waals surface area contributed by atoms with Gasteiger partial charge in [-0.1, -0.05) is 23.7 Å². The Kier molecular flexibility index (Phi) is 7.86. The summed E-state index contributed by atoms with van der Waals surface area (Å²) >= 11 is 2.38. The third-order valence-electron chi connectivity index (χ3n) is 8.90. The highest BCUT2D eigenvalue weighted by Gasteiger charge is 2.39. The first-order chi connectivity index (χ1) is 20.2. The predicted molar refractivity (Wildman–Crippen MR) is 155 cm³/mol. The summed E-state index contributed by atoms with van der Waals surface area (Å²) < 4.78 is 44.0. The number of ether oxygens (including phenoxy) is 2. The highest BCUT2D eigenvalue weighted by molar-refractivity contribution is 6.99. The maximum Gasteiger partial charge on any atom is 0.250 e. The number of aromatic nitrogens is 4. The molecule has 9 rings (SSSR count). The van der Waals surface area contributed by atoms with Crippen molar-refractivity contribution in [2.45, 2.75) is 37.5 Å². The van der Waals surface area contributed by atoms with E-state index in [1.54, 1.807) is 6.07 Å². The topological polar surface area (TPSA) is 76.5 Å². The van der Waals surface area contributed by atoms with Crippen LogP contribution < -0.4 is 9.47 Å². The van der Waals surface area contributed by atoms with Gasteiger partial charge in [0.1, 0.15) is 17.2 Å². The number of halogens is 1. The van der Waals surface area contributed by atoms with Gasteiger partial charge in [-0.2, -0.15) is 8.75 Å². The molecule has 6 fully saturated rings.